The van der Waals surface area contributed by atoms with Crippen molar-refractivity contribution in [2.45, 2.75) is 38.6 Å². The Hall–Kier alpha value is -0.603. The van der Waals surface area contributed by atoms with Gasteiger partial charge >= 0.3 is 6.18 Å². The van der Waals surface area contributed by atoms with Crippen LogP contribution in [0.25, 0.3) is 0 Å². The molecule has 1 aromatic heterocycles. The zero-order chi connectivity index (χ0) is 16.3. The number of hydrogen-bond acceptors (Lipinski definition) is 2. The molecule has 0 spiro atoms. The summed E-state index contributed by atoms with van der Waals surface area (Å²) in [7, 11) is -1.23. The Morgan fingerprint density at radius 3 is 2.43 bits per heavy atom. The number of nitrogens with zero attached hydrogens (tertiary/aromatic N) is 1. The lowest BCUT2D eigenvalue weighted by Crippen LogP contribution is -2.21. The number of Topliss-reactive ketones (excluding diaryl/α,β-unsaturated/α-hetero) is 1. The molecule has 0 aliphatic rings. The van der Waals surface area contributed by atoms with Crippen LogP contribution in [0.1, 0.15) is 15.9 Å². The largest absolute Gasteiger partial charge is 0.418 e. The van der Waals surface area contributed by atoms with Crippen molar-refractivity contribution >= 4 is 29.8 Å². The van der Waals surface area contributed by atoms with Gasteiger partial charge in [-0.1, -0.05) is 35.6 Å². The van der Waals surface area contributed by atoms with Crippen LogP contribution in [0.4, 0.5) is 13.2 Å². The fourth-order valence-corrected chi connectivity index (χ4v) is 2.71. The van der Waals surface area contributed by atoms with E-state index in [1.165, 1.54) is 10.8 Å². The quantitative estimate of drug-likeness (QED) is 0.301. The van der Waals surface area contributed by atoms with Gasteiger partial charge in [0.2, 0.25) is 0 Å². The van der Waals surface area contributed by atoms with Crippen LogP contribution >= 0.6 is 15.9 Å². The fourth-order valence-electron chi connectivity index (χ4n) is 1.65. The molecule has 0 saturated carbocycles. The minimum atomic E-state index is -4.54. The predicted octanol–water partition coefficient (Wildman–Crippen LogP) is 4.40. The minimum Gasteiger partial charge on any atom is -0.361 e. The summed E-state index contributed by atoms with van der Waals surface area (Å²) in [6, 6.07) is 0.938. The summed E-state index contributed by atoms with van der Waals surface area (Å²) in [6.45, 7) is 7.11. The van der Waals surface area contributed by atoms with Gasteiger partial charge < -0.3 is 9.30 Å². The molecule has 0 saturated heterocycles. The van der Waals surface area contributed by atoms with Crippen LogP contribution in [-0.4, -0.2) is 30.4 Å². The number of aromatic nitrogens is 1. The Morgan fingerprint density at radius 1 is 1.33 bits per heavy atom. The Labute approximate surface area is 131 Å². The summed E-state index contributed by atoms with van der Waals surface area (Å²) in [6.07, 6.45) is -2.43. The van der Waals surface area contributed by atoms with E-state index in [2.05, 4.69) is 35.6 Å². The normalized spacial score (nSPS) is 12.7. The van der Waals surface area contributed by atoms with E-state index in [9.17, 15) is 18.0 Å². The van der Waals surface area contributed by atoms with E-state index in [-0.39, 0.29) is 17.6 Å². The van der Waals surface area contributed by atoms with Crippen LogP contribution in [0.2, 0.25) is 25.7 Å². The molecule has 0 unspecified atom stereocenters. The number of ketones is 1. The van der Waals surface area contributed by atoms with E-state index in [4.69, 9.17) is 4.74 Å². The van der Waals surface area contributed by atoms with Gasteiger partial charge in [-0.25, -0.2) is 0 Å². The number of hydrogen-bond donors (Lipinski definition) is 0. The van der Waals surface area contributed by atoms with Gasteiger partial charge in [-0.2, -0.15) is 13.2 Å². The van der Waals surface area contributed by atoms with Crippen molar-refractivity contribution < 1.29 is 22.7 Å². The second-order valence-electron chi connectivity index (χ2n) is 6.00. The maximum Gasteiger partial charge on any atom is 0.418 e. The van der Waals surface area contributed by atoms with Crippen molar-refractivity contribution in [1.29, 1.82) is 0 Å². The summed E-state index contributed by atoms with van der Waals surface area (Å²) >= 11 is 2.89. The Kier molecular flexibility index (Phi) is 6.24. The highest BCUT2D eigenvalue weighted by Gasteiger charge is 2.36. The third-order valence-electron chi connectivity index (χ3n) is 2.84. The lowest BCUT2D eigenvalue weighted by atomic mass is 10.1. The van der Waals surface area contributed by atoms with Crippen molar-refractivity contribution in [2.24, 2.45) is 0 Å². The second-order valence-corrected chi connectivity index (χ2v) is 12.2. The summed E-state index contributed by atoms with van der Waals surface area (Å²) in [5.74, 6) is -0.594. The van der Waals surface area contributed by atoms with Gasteiger partial charge in [-0.3, -0.25) is 4.79 Å². The molecule has 0 fully saturated rings. The maximum atomic E-state index is 12.9. The van der Waals surface area contributed by atoms with Crippen LogP contribution in [0, 0.1) is 0 Å². The molecule has 21 heavy (non-hydrogen) atoms. The topological polar surface area (TPSA) is 31.2 Å². The van der Waals surface area contributed by atoms with E-state index in [1.54, 1.807) is 0 Å². The molecule has 0 bridgehead atoms. The van der Waals surface area contributed by atoms with Crippen molar-refractivity contribution in [1.82, 2.24) is 4.57 Å². The average Bonchev–Trinajstić information content (AvgIpc) is 2.76. The van der Waals surface area contributed by atoms with Gasteiger partial charge in [0.1, 0.15) is 6.73 Å². The Balaban J connectivity index is 2.76. The average molecular weight is 386 g/mol. The molecule has 0 amide bonds. The first-order valence-corrected chi connectivity index (χ1v) is 11.3. The number of carbonyl (C=O) groups excluding carboxylic acids is 1. The first kappa shape index (κ1) is 18.4. The highest BCUT2D eigenvalue weighted by Crippen LogP contribution is 2.33. The number of carbonyl (C=O) groups is 1. The number of rotatable bonds is 7. The second kappa shape index (κ2) is 7.10. The zero-order valence-electron chi connectivity index (χ0n) is 12.3. The molecule has 1 rings (SSSR count). The van der Waals surface area contributed by atoms with Crippen LogP contribution < -0.4 is 0 Å². The third-order valence-corrected chi connectivity index (χ3v) is 5.06. The summed E-state index contributed by atoms with van der Waals surface area (Å²) < 4.78 is 45.3. The van der Waals surface area contributed by atoms with Crippen LogP contribution in [0.3, 0.4) is 0 Å². The van der Waals surface area contributed by atoms with E-state index >= 15 is 0 Å². The molecule has 0 radical (unpaired) electrons. The van der Waals surface area contributed by atoms with Gasteiger partial charge in [-0.15, -0.1) is 0 Å². The molecular formula is C13H19BrF3NO2Si. The SMILES string of the molecule is C[Si](C)(C)CCOCn1cc(C(=O)CBr)c(C(F)(F)F)c1. The minimum absolute atomic E-state index is 0.0170. The van der Waals surface area contributed by atoms with E-state index < -0.39 is 25.6 Å². The smallest absolute Gasteiger partial charge is 0.361 e. The van der Waals surface area contributed by atoms with Crippen molar-refractivity contribution in [3.8, 4) is 0 Å². The standard InChI is InChI=1S/C13H19BrF3NO2Si/c1-21(2,3)5-4-20-9-18-7-10(12(19)6-14)11(8-18)13(15,16)17/h7-8H,4-6,9H2,1-3H3. The fraction of sp³-hybridized carbons (Fsp3) is 0.615. The first-order valence-electron chi connectivity index (χ1n) is 6.48. The van der Waals surface area contributed by atoms with Gasteiger partial charge in [0, 0.05) is 32.6 Å². The molecule has 0 aliphatic heterocycles. The van der Waals surface area contributed by atoms with Gasteiger partial charge in [0.25, 0.3) is 0 Å². The summed E-state index contributed by atoms with van der Waals surface area (Å²) in [4.78, 5) is 11.6. The molecule has 120 valence electrons. The van der Waals surface area contributed by atoms with Gasteiger partial charge in [0.15, 0.2) is 5.78 Å². The van der Waals surface area contributed by atoms with Crippen LogP contribution in [0.5, 0.6) is 0 Å². The molecule has 8 heteroatoms. The third kappa shape index (κ3) is 5.96. The lowest BCUT2D eigenvalue weighted by Gasteiger charge is -2.15. The molecule has 0 aromatic carbocycles. The van der Waals surface area contributed by atoms with E-state index in [1.807, 2.05) is 0 Å². The predicted molar refractivity (Wildman–Crippen MR) is 81.7 cm³/mol. The Bertz CT molecular complexity index is 495. The Morgan fingerprint density at radius 2 is 1.95 bits per heavy atom. The molecular weight excluding hydrogens is 367 g/mol. The van der Waals surface area contributed by atoms with Crippen molar-refractivity contribution in [3.63, 3.8) is 0 Å². The monoisotopic (exact) mass is 385 g/mol. The van der Waals surface area contributed by atoms with Crippen LogP contribution in [0.15, 0.2) is 12.4 Å². The lowest BCUT2D eigenvalue weighted by molar-refractivity contribution is -0.137. The van der Waals surface area contributed by atoms with Crippen molar-refractivity contribution in [2.75, 3.05) is 11.9 Å². The molecule has 1 heterocycles. The number of ether oxygens (including phenoxy) is 1. The van der Waals surface area contributed by atoms with E-state index in [0.29, 0.717) is 6.61 Å². The summed E-state index contributed by atoms with van der Waals surface area (Å²) in [5, 5.41) is -0.142. The molecule has 3 nitrogen and oxygen atoms in total. The van der Waals surface area contributed by atoms with Crippen LogP contribution in [-0.2, 0) is 17.6 Å². The van der Waals surface area contributed by atoms with Crippen molar-refractivity contribution in [3.05, 3.63) is 23.5 Å². The molecule has 0 N–H and O–H groups in total. The van der Waals surface area contributed by atoms with Gasteiger partial charge in [0.05, 0.1) is 10.9 Å². The van der Waals surface area contributed by atoms with E-state index in [0.717, 1.165) is 12.2 Å². The highest BCUT2D eigenvalue weighted by atomic mass is 79.9. The zero-order valence-corrected chi connectivity index (χ0v) is 14.8. The number of halogens is 4. The number of alkyl halides is 4. The maximum absolute atomic E-state index is 12.9. The first-order chi connectivity index (χ1) is 9.54. The summed E-state index contributed by atoms with van der Waals surface area (Å²) in [5.41, 5.74) is -1.24. The highest BCUT2D eigenvalue weighted by molar-refractivity contribution is 9.09. The molecule has 0 atom stereocenters. The van der Waals surface area contributed by atoms with Gasteiger partial charge in [-0.05, 0) is 6.04 Å². The molecule has 1 aromatic rings. The molecule has 0 aliphatic carbocycles.